The molecular formula is C14H19NO. The molecule has 2 heteroatoms. The fourth-order valence-corrected chi connectivity index (χ4v) is 1.26. The van der Waals surface area contributed by atoms with Crippen LogP contribution in [0.1, 0.15) is 12.5 Å². The first-order valence-corrected chi connectivity index (χ1v) is 5.45. The molecule has 0 aliphatic carbocycles. The number of ether oxygens (including phenoxy) is 1. The molecule has 1 rings (SSSR count). The van der Waals surface area contributed by atoms with Crippen LogP contribution < -0.4 is 10.1 Å². The molecule has 0 amide bonds. The van der Waals surface area contributed by atoms with E-state index in [1.54, 1.807) is 6.08 Å². The fourth-order valence-electron chi connectivity index (χ4n) is 1.26. The molecule has 2 nitrogen and oxygen atoms in total. The van der Waals surface area contributed by atoms with Crippen molar-refractivity contribution in [1.29, 1.82) is 0 Å². The Kier molecular flexibility index (Phi) is 5.37. The lowest BCUT2D eigenvalue weighted by Crippen LogP contribution is -2.22. The minimum absolute atomic E-state index is 0.317. The second kappa shape index (κ2) is 6.85. The van der Waals surface area contributed by atoms with Crippen LogP contribution in [-0.2, 0) is 6.54 Å². The van der Waals surface area contributed by atoms with Crippen molar-refractivity contribution in [2.75, 3.05) is 6.61 Å². The Morgan fingerprint density at radius 3 is 2.94 bits per heavy atom. The van der Waals surface area contributed by atoms with Crippen LogP contribution >= 0.6 is 0 Å². The van der Waals surface area contributed by atoms with E-state index in [0.29, 0.717) is 12.6 Å². The quantitative estimate of drug-likeness (QED) is 0.709. The molecule has 1 aromatic rings. The Morgan fingerprint density at radius 1 is 1.44 bits per heavy atom. The predicted molar refractivity (Wildman–Crippen MR) is 68.6 cm³/mol. The molecule has 0 fully saturated rings. The minimum Gasteiger partial charge on any atom is -0.490 e. The van der Waals surface area contributed by atoms with Gasteiger partial charge < -0.3 is 10.1 Å². The zero-order valence-corrected chi connectivity index (χ0v) is 9.78. The lowest BCUT2D eigenvalue weighted by atomic mass is 10.2. The van der Waals surface area contributed by atoms with Gasteiger partial charge in [-0.25, -0.2) is 0 Å². The van der Waals surface area contributed by atoms with Crippen LogP contribution in [0.2, 0.25) is 0 Å². The molecule has 1 aromatic carbocycles. The van der Waals surface area contributed by atoms with E-state index in [1.807, 2.05) is 24.3 Å². The van der Waals surface area contributed by atoms with E-state index in [0.717, 1.165) is 12.3 Å². The van der Waals surface area contributed by atoms with Crippen LogP contribution in [0.25, 0.3) is 0 Å². The van der Waals surface area contributed by atoms with Gasteiger partial charge in [-0.2, -0.15) is 0 Å². The number of benzene rings is 1. The zero-order chi connectivity index (χ0) is 11.8. The number of nitrogens with one attached hydrogen (secondary N) is 1. The van der Waals surface area contributed by atoms with E-state index >= 15 is 0 Å². The van der Waals surface area contributed by atoms with E-state index < -0.39 is 0 Å². The van der Waals surface area contributed by atoms with Gasteiger partial charge in [-0.15, -0.1) is 6.58 Å². The summed E-state index contributed by atoms with van der Waals surface area (Å²) < 4.78 is 5.46. The summed E-state index contributed by atoms with van der Waals surface area (Å²) in [5, 5.41) is 3.34. The monoisotopic (exact) mass is 217 g/mol. The molecule has 0 bridgehead atoms. The summed E-state index contributed by atoms with van der Waals surface area (Å²) in [5.74, 6) is 0.880. The first kappa shape index (κ1) is 12.5. The highest BCUT2D eigenvalue weighted by atomic mass is 16.5. The van der Waals surface area contributed by atoms with Gasteiger partial charge >= 0.3 is 0 Å². The molecule has 0 radical (unpaired) electrons. The normalized spacial score (nSPS) is 11.8. The van der Waals surface area contributed by atoms with Crippen LogP contribution in [0, 0.1) is 0 Å². The van der Waals surface area contributed by atoms with Crippen molar-refractivity contribution >= 4 is 0 Å². The van der Waals surface area contributed by atoms with Gasteiger partial charge in [0.25, 0.3) is 0 Å². The number of hydrogen-bond acceptors (Lipinski definition) is 2. The Balaban J connectivity index is 2.52. The van der Waals surface area contributed by atoms with E-state index in [9.17, 15) is 0 Å². The van der Waals surface area contributed by atoms with Gasteiger partial charge in [0.2, 0.25) is 0 Å². The lowest BCUT2D eigenvalue weighted by Gasteiger charge is -2.10. The topological polar surface area (TPSA) is 21.3 Å². The fraction of sp³-hybridized carbons (Fsp3) is 0.286. The van der Waals surface area contributed by atoms with Crippen molar-refractivity contribution in [2.45, 2.75) is 19.5 Å². The summed E-state index contributed by atoms with van der Waals surface area (Å²) in [4.78, 5) is 0. The van der Waals surface area contributed by atoms with E-state index in [-0.39, 0.29) is 0 Å². The number of rotatable bonds is 7. The highest BCUT2D eigenvalue weighted by Crippen LogP contribution is 2.13. The second-order valence-electron chi connectivity index (χ2n) is 3.65. The van der Waals surface area contributed by atoms with Crippen LogP contribution in [-0.4, -0.2) is 12.6 Å². The molecule has 0 saturated heterocycles. The average Bonchev–Trinajstić information content (AvgIpc) is 2.34. The molecule has 0 spiro atoms. The first-order chi connectivity index (χ1) is 7.76. The Hall–Kier alpha value is -1.54. The molecular weight excluding hydrogens is 198 g/mol. The van der Waals surface area contributed by atoms with E-state index in [4.69, 9.17) is 4.74 Å². The minimum atomic E-state index is 0.317. The third-order valence-electron chi connectivity index (χ3n) is 2.25. The first-order valence-electron chi connectivity index (χ1n) is 5.45. The summed E-state index contributed by atoms with van der Waals surface area (Å²) in [6.07, 6.45) is 3.63. The second-order valence-corrected chi connectivity index (χ2v) is 3.65. The van der Waals surface area contributed by atoms with E-state index in [1.165, 1.54) is 5.56 Å². The van der Waals surface area contributed by atoms with Gasteiger partial charge in [-0.1, -0.05) is 30.9 Å². The standard InChI is InChI=1S/C14H19NO/c1-4-9-16-14-8-6-7-13(10-14)11-15-12(3)5-2/h4-8,10,12,15H,1-2,9,11H2,3H3. The molecule has 0 aliphatic heterocycles. The Labute approximate surface area is 97.6 Å². The largest absolute Gasteiger partial charge is 0.490 e. The summed E-state index contributed by atoms with van der Waals surface area (Å²) in [5.41, 5.74) is 1.20. The smallest absolute Gasteiger partial charge is 0.120 e. The Bertz CT molecular complexity index is 346. The maximum Gasteiger partial charge on any atom is 0.120 e. The summed E-state index contributed by atoms with van der Waals surface area (Å²) in [6.45, 7) is 10.8. The van der Waals surface area contributed by atoms with Crippen molar-refractivity contribution in [3.63, 3.8) is 0 Å². The summed E-state index contributed by atoms with van der Waals surface area (Å²) in [6, 6.07) is 8.37. The van der Waals surface area contributed by atoms with Crippen molar-refractivity contribution in [3.05, 3.63) is 55.1 Å². The van der Waals surface area contributed by atoms with Crippen molar-refractivity contribution in [2.24, 2.45) is 0 Å². The number of hydrogen-bond donors (Lipinski definition) is 1. The predicted octanol–water partition coefficient (Wildman–Crippen LogP) is 2.92. The van der Waals surface area contributed by atoms with Crippen LogP contribution in [0.5, 0.6) is 5.75 Å². The highest BCUT2D eigenvalue weighted by Gasteiger charge is 1.98. The molecule has 0 heterocycles. The van der Waals surface area contributed by atoms with Gasteiger partial charge in [0, 0.05) is 12.6 Å². The summed E-state index contributed by atoms with van der Waals surface area (Å²) >= 11 is 0. The van der Waals surface area contributed by atoms with Gasteiger partial charge in [0.1, 0.15) is 12.4 Å². The Morgan fingerprint density at radius 2 is 2.25 bits per heavy atom. The molecule has 0 saturated carbocycles. The molecule has 1 N–H and O–H groups in total. The van der Waals surface area contributed by atoms with Gasteiger partial charge in [0.15, 0.2) is 0 Å². The third-order valence-corrected chi connectivity index (χ3v) is 2.25. The van der Waals surface area contributed by atoms with Crippen molar-refractivity contribution < 1.29 is 4.74 Å². The highest BCUT2D eigenvalue weighted by molar-refractivity contribution is 5.28. The third kappa shape index (κ3) is 4.32. The zero-order valence-electron chi connectivity index (χ0n) is 9.78. The van der Waals surface area contributed by atoms with Gasteiger partial charge in [-0.05, 0) is 24.6 Å². The molecule has 86 valence electrons. The van der Waals surface area contributed by atoms with Crippen LogP contribution in [0.3, 0.4) is 0 Å². The molecule has 16 heavy (non-hydrogen) atoms. The molecule has 1 atom stereocenters. The van der Waals surface area contributed by atoms with E-state index in [2.05, 4.69) is 31.5 Å². The van der Waals surface area contributed by atoms with Gasteiger partial charge in [0.05, 0.1) is 0 Å². The SMILES string of the molecule is C=CCOc1cccc(CNC(C)C=C)c1. The van der Waals surface area contributed by atoms with Crippen LogP contribution in [0.4, 0.5) is 0 Å². The van der Waals surface area contributed by atoms with Crippen molar-refractivity contribution in [3.8, 4) is 5.75 Å². The molecule has 1 unspecified atom stereocenters. The maximum absolute atomic E-state index is 5.46. The van der Waals surface area contributed by atoms with Crippen LogP contribution in [0.15, 0.2) is 49.6 Å². The van der Waals surface area contributed by atoms with Crippen molar-refractivity contribution in [1.82, 2.24) is 5.32 Å². The maximum atomic E-state index is 5.46. The summed E-state index contributed by atoms with van der Waals surface area (Å²) in [7, 11) is 0. The lowest BCUT2D eigenvalue weighted by molar-refractivity contribution is 0.362. The van der Waals surface area contributed by atoms with Gasteiger partial charge in [-0.3, -0.25) is 0 Å². The molecule has 0 aromatic heterocycles. The average molecular weight is 217 g/mol. The molecule has 0 aliphatic rings.